The van der Waals surface area contributed by atoms with Crippen LogP contribution >= 0.6 is 73.5 Å². The number of thioether (sulfide) groups is 2. The van der Waals surface area contributed by atoms with Gasteiger partial charge >= 0.3 is 41.5 Å². The van der Waals surface area contributed by atoms with Gasteiger partial charge in [-0.1, -0.05) is 18.2 Å². The van der Waals surface area contributed by atoms with Crippen LogP contribution in [0.15, 0.2) is 83.9 Å². The van der Waals surface area contributed by atoms with Crippen LogP contribution in [0.2, 0.25) is 0 Å². The van der Waals surface area contributed by atoms with E-state index in [1.807, 2.05) is 90.3 Å². The smallest absolute Gasteiger partial charge is 0.796 e. The Kier molecular flexibility index (Phi) is 21.1. The number of carbonyl (C=O) groups excluding carboxylic acids is 3. The maximum absolute atomic E-state index is 11.7. The number of aromatic nitrogens is 5. The van der Waals surface area contributed by atoms with E-state index in [9.17, 15) is 19.2 Å². The van der Waals surface area contributed by atoms with Crippen molar-refractivity contribution < 1.29 is 53.4 Å². The number of esters is 2. The number of anilines is 1. The molecule has 0 radical (unpaired) electrons. The average molecular weight is 1000 g/mol. The Labute approximate surface area is 404 Å². The molecule has 0 saturated heterocycles. The number of H-pyrrole nitrogens is 1. The minimum atomic E-state index is -0.264. The van der Waals surface area contributed by atoms with E-state index in [4.69, 9.17) is 9.47 Å². The molecule has 0 saturated carbocycles. The van der Waals surface area contributed by atoms with E-state index in [-0.39, 0.29) is 47.1 Å². The minimum Gasteiger partial charge on any atom is -0.796 e. The predicted octanol–water partition coefficient (Wildman–Crippen LogP) is 6.96. The summed E-state index contributed by atoms with van der Waals surface area (Å²) in [5.74, 6) is -0.515. The van der Waals surface area contributed by atoms with Crippen LogP contribution in [-0.2, 0) is 48.0 Å². The fourth-order valence-corrected chi connectivity index (χ4v) is 10.7. The van der Waals surface area contributed by atoms with Crippen molar-refractivity contribution in [1.82, 2.24) is 23.9 Å². The third kappa shape index (κ3) is 12.1. The van der Waals surface area contributed by atoms with Crippen molar-refractivity contribution in [2.24, 2.45) is 21.1 Å². The van der Waals surface area contributed by atoms with Gasteiger partial charge in [0.15, 0.2) is 0 Å². The minimum absolute atomic E-state index is 0. The van der Waals surface area contributed by atoms with Crippen LogP contribution in [0.1, 0.15) is 34.8 Å². The summed E-state index contributed by atoms with van der Waals surface area (Å²) in [7, 11) is 7.40. The van der Waals surface area contributed by atoms with E-state index in [1.54, 1.807) is 84.0 Å². The summed E-state index contributed by atoms with van der Waals surface area (Å²) in [4.78, 5) is 46.7. The van der Waals surface area contributed by atoms with Crippen LogP contribution in [0.4, 0.5) is 5.69 Å². The Bertz CT molecular complexity index is 2720. The Morgan fingerprint density at radius 3 is 1.85 bits per heavy atom. The molecule has 7 heterocycles. The molecule has 1 amide bonds. The van der Waals surface area contributed by atoms with Crippen LogP contribution in [0.25, 0.3) is 41.6 Å². The molecule has 0 aliphatic carbocycles. The Hall–Kier alpha value is -2.98. The number of nitrogens with zero attached hydrogens (tertiary/aromatic N) is 5. The first kappa shape index (κ1) is 51.4. The van der Waals surface area contributed by atoms with Crippen LogP contribution in [-0.4, -0.2) is 81.3 Å². The Morgan fingerprint density at radius 1 is 0.833 bits per heavy atom. The molecule has 0 atom stereocenters. The molecule has 20 heteroatoms. The molecule has 0 bridgehead atoms. The SMILES string of the molecule is CCOC(=O)c1cc2sc(Br)cc2n1C.CCOC(=O)c1cc2sc(SC)cc2n1C.CN(C=O)c1ccccc1.CSc1cc2c(s1)c1cn[nH]c(=O)c1n2C.C[S-].[Na+]. The van der Waals surface area contributed by atoms with E-state index in [0.29, 0.717) is 30.1 Å². The maximum Gasteiger partial charge on any atom is 1.00 e. The van der Waals surface area contributed by atoms with Crippen molar-refractivity contribution in [2.75, 3.05) is 43.9 Å². The number of halogens is 1. The molecule has 314 valence electrons. The monoisotopic (exact) mass is 998 g/mol. The summed E-state index contributed by atoms with van der Waals surface area (Å²) in [6, 6.07) is 19.5. The third-order valence-electron chi connectivity index (χ3n) is 8.56. The van der Waals surface area contributed by atoms with Gasteiger partial charge in [-0.15, -0.1) is 57.5 Å². The summed E-state index contributed by atoms with van der Waals surface area (Å²) in [6.07, 6.45) is 8.20. The molecule has 7 aromatic heterocycles. The van der Waals surface area contributed by atoms with Crippen molar-refractivity contribution in [3.8, 4) is 0 Å². The molecule has 60 heavy (non-hydrogen) atoms. The fraction of sp³-hybridized carbons (Fsp3) is 0.275. The number of thiophene rings is 3. The van der Waals surface area contributed by atoms with Gasteiger partial charge in [-0.3, -0.25) is 9.59 Å². The Balaban J connectivity index is 0.000000212. The molecule has 0 spiro atoms. The van der Waals surface area contributed by atoms with Gasteiger partial charge in [-0.05, 0) is 84.8 Å². The summed E-state index contributed by atoms with van der Waals surface area (Å²) in [6.45, 7) is 4.43. The average Bonchev–Trinajstić information content (AvgIpc) is 4.10. The quantitative estimate of drug-likeness (QED) is 0.0561. The van der Waals surface area contributed by atoms with Gasteiger partial charge in [0, 0.05) is 39.3 Å². The number of hydrogen-bond donors (Lipinski definition) is 1. The van der Waals surface area contributed by atoms with Crippen molar-refractivity contribution in [3.63, 3.8) is 0 Å². The fourth-order valence-electron chi connectivity index (χ4n) is 5.71. The van der Waals surface area contributed by atoms with Gasteiger partial charge in [0.2, 0.25) is 6.41 Å². The van der Waals surface area contributed by atoms with Gasteiger partial charge in [0.1, 0.15) is 16.9 Å². The van der Waals surface area contributed by atoms with E-state index >= 15 is 0 Å². The molecule has 8 aromatic rings. The molecule has 8 rings (SSSR count). The van der Waals surface area contributed by atoms with E-state index in [2.05, 4.69) is 63.4 Å². The van der Waals surface area contributed by atoms with Gasteiger partial charge in [0.05, 0.1) is 62.3 Å². The van der Waals surface area contributed by atoms with Gasteiger partial charge in [0.25, 0.3) is 5.56 Å². The number of hydrogen-bond acceptors (Lipinski definition) is 13. The summed E-state index contributed by atoms with van der Waals surface area (Å²) < 4.78 is 22.6. The molecule has 1 N–H and O–H groups in total. The van der Waals surface area contributed by atoms with E-state index in [1.165, 1.54) is 13.3 Å². The first-order valence-electron chi connectivity index (χ1n) is 17.7. The molecular weight excluding hydrogens is 956 g/mol. The van der Waals surface area contributed by atoms with Crippen LogP contribution in [0.5, 0.6) is 0 Å². The van der Waals surface area contributed by atoms with Crippen molar-refractivity contribution >= 4 is 152 Å². The second-order valence-electron chi connectivity index (χ2n) is 12.0. The molecule has 0 aliphatic rings. The molecular formula is C40H44BrN6NaO6S6. The number of fused-ring (bicyclic) bond motifs is 5. The summed E-state index contributed by atoms with van der Waals surface area (Å²) in [5.41, 5.74) is 5.95. The molecule has 0 unspecified atom stereocenters. The van der Waals surface area contributed by atoms with Crippen LogP contribution < -0.4 is 40.0 Å². The zero-order chi connectivity index (χ0) is 43.4. The number of nitrogens with one attached hydrogen (secondary N) is 1. The number of carbonyl (C=O) groups is 3. The summed E-state index contributed by atoms with van der Waals surface area (Å²) in [5, 5.41) is 7.26. The van der Waals surface area contributed by atoms with Crippen LogP contribution in [0, 0.1) is 0 Å². The summed E-state index contributed by atoms with van der Waals surface area (Å²) >= 11 is 16.0. The second-order valence-corrected chi connectivity index (χ2v) is 18.8. The normalized spacial score (nSPS) is 10.3. The number of benzene rings is 1. The second kappa shape index (κ2) is 24.6. The van der Waals surface area contributed by atoms with Crippen molar-refractivity contribution in [3.05, 3.63) is 92.4 Å². The zero-order valence-corrected chi connectivity index (χ0v) is 43.3. The largest absolute Gasteiger partial charge is 1.00 e. The van der Waals surface area contributed by atoms with Gasteiger partial charge < -0.3 is 40.7 Å². The van der Waals surface area contributed by atoms with Gasteiger partial charge in [-0.25, -0.2) is 14.7 Å². The van der Waals surface area contributed by atoms with E-state index < -0.39 is 0 Å². The van der Waals surface area contributed by atoms with Gasteiger partial charge in [-0.2, -0.15) is 11.4 Å². The Morgan fingerprint density at radius 2 is 1.35 bits per heavy atom. The van der Waals surface area contributed by atoms with Crippen molar-refractivity contribution in [1.29, 1.82) is 0 Å². The first-order chi connectivity index (χ1) is 28.4. The van der Waals surface area contributed by atoms with Crippen LogP contribution in [0.3, 0.4) is 0 Å². The third-order valence-corrected chi connectivity index (χ3v) is 14.5. The first-order valence-corrected chi connectivity index (χ1v) is 24.2. The zero-order valence-electron chi connectivity index (χ0n) is 34.9. The molecule has 12 nitrogen and oxygen atoms in total. The number of amides is 1. The predicted molar refractivity (Wildman–Crippen MR) is 256 cm³/mol. The topological polar surface area (TPSA) is 133 Å². The molecule has 1 aromatic carbocycles. The standard InChI is InChI=1S/C11H13NO2S2.C10H10BrNO2S.C10H9N3OS2.C8H9NO.CH4S.Na/c1-4-14-11(13)8-5-9-7(12(8)2)6-10(15-3)16-9;1-3-14-10(13)7-4-8-6(12(7)2)5-9(11)15-8;1-13-6-3-7(15-2)16-9(6)5-4-11-12-10(14)8(5)13;1-9(7-10)8-5-3-2-4-6-8;1-2;/h5-6H,4H2,1-3H3;4-5H,3H2,1-2H3;3-4H,1-2H3,(H,12,14);2-7H,1H3;2H,1H3;/q;;;;;+1/p-1. The molecule has 0 fully saturated rings. The number of ether oxygens (including phenoxy) is 2. The molecule has 0 aliphatic heterocycles. The van der Waals surface area contributed by atoms with E-state index in [0.717, 1.165) is 51.9 Å². The number of rotatable bonds is 8. The number of aryl methyl sites for hydroxylation is 3. The maximum atomic E-state index is 11.7. The number of aromatic amines is 1. The number of para-hydroxylation sites is 1. The van der Waals surface area contributed by atoms with Crippen molar-refractivity contribution in [2.45, 2.75) is 22.3 Å².